The van der Waals surface area contributed by atoms with Crippen LogP contribution < -0.4 is 5.32 Å². The van der Waals surface area contributed by atoms with Gasteiger partial charge in [-0.15, -0.1) is 0 Å². The van der Waals surface area contributed by atoms with Crippen molar-refractivity contribution in [3.63, 3.8) is 0 Å². The van der Waals surface area contributed by atoms with Crippen molar-refractivity contribution in [3.8, 4) is 11.8 Å². The fraction of sp³-hybridized carbons (Fsp3) is 0.622. The van der Waals surface area contributed by atoms with Crippen LogP contribution in [0.2, 0.25) is 0 Å². The van der Waals surface area contributed by atoms with E-state index >= 15 is 0 Å². The molecule has 1 heterocycles. The molecular weight excluding hydrogens is 584 g/mol. The van der Waals surface area contributed by atoms with Gasteiger partial charge in [0.15, 0.2) is 0 Å². The number of cyclic esters (lactones) is 1. The van der Waals surface area contributed by atoms with E-state index in [1.165, 1.54) is 12.1 Å². The molecule has 0 spiro atoms. The number of nitriles is 1. The number of aliphatic hydroxyl groups excluding tert-OH is 2. The molecule has 1 amide bonds. The maximum absolute atomic E-state index is 13.5. The first-order valence-corrected chi connectivity index (χ1v) is 16.8. The number of amides is 1. The fourth-order valence-corrected chi connectivity index (χ4v) is 7.29. The van der Waals surface area contributed by atoms with Gasteiger partial charge in [0.2, 0.25) is 5.91 Å². The summed E-state index contributed by atoms with van der Waals surface area (Å²) in [7, 11) is 0. The van der Waals surface area contributed by atoms with Gasteiger partial charge in [0.25, 0.3) is 0 Å². The van der Waals surface area contributed by atoms with Gasteiger partial charge in [-0.3, -0.25) is 9.59 Å². The van der Waals surface area contributed by atoms with E-state index in [1.807, 2.05) is 13.8 Å². The average molecular weight is 637 g/mol. The number of aromatic hydroxyl groups is 1. The van der Waals surface area contributed by atoms with Gasteiger partial charge < -0.3 is 30.2 Å². The lowest BCUT2D eigenvalue weighted by Gasteiger charge is -2.29. The first-order valence-electron chi connectivity index (χ1n) is 16.8. The number of rotatable bonds is 6. The van der Waals surface area contributed by atoms with E-state index in [9.17, 15) is 35.0 Å². The quantitative estimate of drug-likeness (QED) is 0.246. The lowest BCUT2D eigenvalue weighted by atomic mass is 9.82. The van der Waals surface area contributed by atoms with Gasteiger partial charge in [0.1, 0.15) is 18.1 Å². The molecule has 0 saturated heterocycles. The highest BCUT2D eigenvalue weighted by molar-refractivity contribution is 5.82. The minimum absolute atomic E-state index is 0.112. The molecule has 1 fully saturated rings. The Labute approximate surface area is 273 Å². The van der Waals surface area contributed by atoms with Gasteiger partial charge in [0, 0.05) is 18.3 Å². The molecule has 10 atom stereocenters. The van der Waals surface area contributed by atoms with Gasteiger partial charge in [0.05, 0.1) is 36.3 Å². The van der Waals surface area contributed by atoms with Crippen molar-refractivity contribution < 1.29 is 34.4 Å². The summed E-state index contributed by atoms with van der Waals surface area (Å²) in [6.45, 7) is 8.15. The van der Waals surface area contributed by atoms with Crippen molar-refractivity contribution in [2.45, 2.75) is 110 Å². The van der Waals surface area contributed by atoms with E-state index in [2.05, 4.69) is 25.2 Å². The first-order chi connectivity index (χ1) is 21.9. The zero-order valence-electron chi connectivity index (χ0n) is 27.7. The zero-order valence-corrected chi connectivity index (χ0v) is 27.7. The van der Waals surface area contributed by atoms with E-state index in [0.29, 0.717) is 31.0 Å². The Morgan fingerprint density at radius 2 is 1.74 bits per heavy atom. The van der Waals surface area contributed by atoms with Crippen LogP contribution in [0.1, 0.15) is 84.6 Å². The highest BCUT2D eigenvalue weighted by atomic mass is 16.5. The molecule has 9 nitrogen and oxygen atoms in total. The van der Waals surface area contributed by atoms with Gasteiger partial charge in [-0.25, -0.2) is 0 Å². The number of aliphatic hydroxyl groups is 2. The van der Waals surface area contributed by atoms with Crippen molar-refractivity contribution in [2.24, 2.45) is 35.5 Å². The van der Waals surface area contributed by atoms with Crippen LogP contribution in [0.5, 0.6) is 5.75 Å². The molecule has 252 valence electrons. The molecule has 2 aliphatic rings. The number of hydrogen-bond donors (Lipinski definition) is 4. The fourth-order valence-electron chi connectivity index (χ4n) is 7.29. The van der Waals surface area contributed by atoms with Crippen LogP contribution in [-0.4, -0.2) is 57.8 Å². The summed E-state index contributed by atoms with van der Waals surface area (Å²) < 4.78 is 5.99. The average Bonchev–Trinajstić information content (AvgIpc) is 3.50. The number of hydrogen-bond acceptors (Lipinski definition) is 8. The molecule has 1 unspecified atom stereocenters. The number of benzene rings is 1. The zero-order chi connectivity index (χ0) is 33.8. The molecule has 1 aliphatic heterocycles. The molecule has 3 rings (SSSR count). The second kappa shape index (κ2) is 18.0. The normalized spacial score (nSPS) is 34.4. The Morgan fingerprint density at radius 1 is 1.07 bits per heavy atom. The summed E-state index contributed by atoms with van der Waals surface area (Å²) in [5.74, 6) is -1.10. The van der Waals surface area contributed by atoms with Gasteiger partial charge in [-0.05, 0) is 86.0 Å². The third kappa shape index (κ3) is 11.1. The number of ether oxygens (including phenoxy) is 1. The molecule has 0 aromatic heterocycles. The molecule has 1 saturated carbocycles. The Hall–Kier alpha value is -3.48. The van der Waals surface area contributed by atoms with Crippen molar-refractivity contribution in [1.82, 2.24) is 5.32 Å². The Kier molecular flexibility index (Phi) is 14.5. The Balaban J connectivity index is 1.82. The summed E-state index contributed by atoms with van der Waals surface area (Å²) in [5.41, 5.74) is 1.06. The largest absolute Gasteiger partial charge is 0.508 e. The minimum Gasteiger partial charge on any atom is -0.508 e. The van der Waals surface area contributed by atoms with Crippen LogP contribution in [0.4, 0.5) is 0 Å². The standard InChI is InChI=1S/C37H52N2O7/c1-23-16-24(2)18-26(4)36(44)28(21-38)8-5-6-11-34(46-35(43)20-33(42)25(3)17-23)31-9-7-10-32(31)37(45)39-29(22-40)19-27-12-14-30(41)15-13-27/h5-6,8,12-15,22-26,29,31-34,36,41-42,44H,7,9-11,16-20H2,1-4H3,(H,39,45)/b6-5+,28-8-/t23-,24+,25-,26-,29?,31+,32+,33-,34-,36+/m0/s1. The molecule has 46 heavy (non-hydrogen) atoms. The van der Waals surface area contributed by atoms with Crippen molar-refractivity contribution in [1.29, 1.82) is 5.26 Å². The van der Waals surface area contributed by atoms with Crippen LogP contribution in [0.25, 0.3) is 0 Å². The number of carbonyl (C=O) groups is 3. The molecule has 0 bridgehead atoms. The molecular formula is C37H52N2O7. The number of nitrogens with zero attached hydrogens (tertiary/aromatic N) is 1. The number of esters is 1. The lowest BCUT2D eigenvalue weighted by Crippen LogP contribution is -2.44. The number of nitrogens with one attached hydrogen (secondary N) is 1. The maximum atomic E-state index is 13.5. The SMILES string of the molecule is C[C@@H]1C[C@H](C)C[C@H](C)[C@@H](O)CC(=O)O[C@H]([C@@H]2CCC[C@H]2C(=O)NC(C=O)Cc2ccc(O)cc2)C/C=C/C=C(/C#N)[C@H](O)[C@@H](C)C1. The number of phenols is 1. The Morgan fingerprint density at radius 3 is 2.39 bits per heavy atom. The number of allylic oxidation sites excluding steroid dienone is 2. The Bertz CT molecular complexity index is 1250. The summed E-state index contributed by atoms with van der Waals surface area (Å²) in [5, 5.41) is 44.0. The highest BCUT2D eigenvalue weighted by Gasteiger charge is 2.40. The monoisotopic (exact) mass is 636 g/mol. The van der Waals surface area contributed by atoms with Crippen LogP contribution in [0, 0.1) is 46.8 Å². The van der Waals surface area contributed by atoms with Crippen LogP contribution >= 0.6 is 0 Å². The topological polar surface area (TPSA) is 157 Å². The smallest absolute Gasteiger partial charge is 0.308 e. The molecule has 1 aromatic carbocycles. The molecule has 9 heteroatoms. The van der Waals surface area contributed by atoms with E-state index in [-0.39, 0.29) is 54.2 Å². The highest BCUT2D eigenvalue weighted by Crippen LogP contribution is 2.37. The number of phenolic OH excluding ortho intramolecular Hbond substituents is 1. The second-order valence-electron chi connectivity index (χ2n) is 13.8. The molecule has 4 N–H and O–H groups in total. The summed E-state index contributed by atoms with van der Waals surface area (Å²) in [4.78, 5) is 38.6. The van der Waals surface area contributed by atoms with Gasteiger partial charge in [-0.1, -0.05) is 58.4 Å². The van der Waals surface area contributed by atoms with Crippen molar-refractivity contribution >= 4 is 18.2 Å². The third-order valence-electron chi connectivity index (χ3n) is 9.70. The van der Waals surface area contributed by atoms with E-state index < -0.39 is 36.2 Å². The lowest BCUT2D eigenvalue weighted by molar-refractivity contribution is -0.156. The van der Waals surface area contributed by atoms with Gasteiger partial charge in [-0.2, -0.15) is 5.26 Å². The minimum atomic E-state index is -0.907. The molecule has 1 aromatic rings. The van der Waals surface area contributed by atoms with Crippen LogP contribution in [0.3, 0.4) is 0 Å². The predicted octanol–water partition coefficient (Wildman–Crippen LogP) is 5.18. The summed E-state index contributed by atoms with van der Waals surface area (Å²) in [6, 6.07) is 7.84. The predicted molar refractivity (Wildman–Crippen MR) is 175 cm³/mol. The molecule has 1 aliphatic carbocycles. The summed E-state index contributed by atoms with van der Waals surface area (Å²) >= 11 is 0. The van der Waals surface area contributed by atoms with Crippen molar-refractivity contribution in [2.75, 3.05) is 0 Å². The van der Waals surface area contributed by atoms with Gasteiger partial charge >= 0.3 is 5.97 Å². The van der Waals surface area contributed by atoms with E-state index in [0.717, 1.165) is 31.2 Å². The second-order valence-corrected chi connectivity index (χ2v) is 13.8. The molecule has 0 radical (unpaired) electrons. The summed E-state index contributed by atoms with van der Waals surface area (Å²) in [6.07, 6.45) is 8.13. The van der Waals surface area contributed by atoms with E-state index in [4.69, 9.17) is 4.74 Å². The van der Waals surface area contributed by atoms with Crippen molar-refractivity contribution in [3.05, 3.63) is 53.6 Å². The van der Waals surface area contributed by atoms with Crippen LogP contribution in [-0.2, 0) is 25.5 Å². The van der Waals surface area contributed by atoms with Crippen LogP contribution in [0.15, 0.2) is 48.1 Å². The number of aldehydes is 1. The van der Waals surface area contributed by atoms with E-state index in [1.54, 1.807) is 30.4 Å². The first kappa shape index (κ1) is 37.0. The maximum Gasteiger partial charge on any atom is 0.308 e. The third-order valence-corrected chi connectivity index (χ3v) is 9.70. The number of carbonyl (C=O) groups excluding carboxylic acids is 3.